The lowest BCUT2D eigenvalue weighted by atomic mass is 10.1. The molecule has 0 saturated carbocycles. The second kappa shape index (κ2) is 7.52. The van der Waals surface area contributed by atoms with Crippen molar-refractivity contribution in [2.24, 2.45) is 0 Å². The van der Waals surface area contributed by atoms with Crippen molar-refractivity contribution in [3.05, 3.63) is 80.1 Å². The van der Waals surface area contributed by atoms with Crippen molar-refractivity contribution in [2.75, 3.05) is 0 Å². The first-order valence-electron chi connectivity index (χ1n) is 8.14. The summed E-state index contributed by atoms with van der Waals surface area (Å²) in [5, 5.41) is 1.33. The molecule has 1 amide bonds. The summed E-state index contributed by atoms with van der Waals surface area (Å²) in [6, 6.07) is 13.2. The first-order chi connectivity index (χ1) is 12.4. The summed E-state index contributed by atoms with van der Waals surface area (Å²) in [6.45, 7) is 4.12. The molecule has 1 heterocycles. The van der Waals surface area contributed by atoms with Gasteiger partial charge in [0.25, 0.3) is 5.91 Å². The molecule has 0 spiro atoms. The molecule has 4 nitrogen and oxygen atoms in total. The van der Waals surface area contributed by atoms with E-state index in [1.54, 1.807) is 41.3 Å². The SMILES string of the molecule is CC(C)N(Cc1ccc(Cl)c(Cl)c1)C(=O)c1cc(=O)c2ccccc2o1. The topological polar surface area (TPSA) is 50.5 Å². The lowest BCUT2D eigenvalue weighted by Gasteiger charge is -2.26. The lowest BCUT2D eigenvalue weighted by Crippen LogP contribution is -2.36. The Morgan fingerprint density at radius 3 is 2.50 bits per heavy atom. The molecule has 0 bridgehead atoms. The summed E-state index contributed by atoms with van der Waals surface area (Å²) < 4.78 is 5.68. The predicted molar refractivity (Wildman–Crippen MR) is 104 cm³/mol. The highest BCUT2D eigenvalue weighted by molar-refractivity contribution is 6.42. The van der Waals surface area contributed by atoms with Crippen molar-refractivity contribution >= 4 is 40.1 Å². The summed E-state index contributed by atoms with van der Waals surface area (Å²) >= 11 is 12.0. The lowest BCUT2D eigenvalue weighted by molar-refractivity contribution is 0.0658. The first kappa shape index (κ1) is 18.5. The second-order valence-electron chi connectivity index (χ2n) is 6.25. The normalized spacial score (nSPS) is 11.1. The van der Waals surface area contributed by atoms with Crippen molar-refractivity contribution in [3.8, 4) is 0 Å². The van der Waals surface area contributed by atoms with E-state index in [1.807, 2.05) is 19.9 Å². The Labute approximate surface area is 160 Å². The van der Waals surface area contributed by atoms with Crippen molar-refractivity contribution in [2.45, 2.75) is 26.4 Å². The molecule has 0 saturated heterocycles. The van der Waals surface area contributed by atoms with Gasteiger partial charge in [0.05, 0.1) is 15.4 Å². The number of carbonyl (C=O) groups excluding carboxylic acids is 1. The minimum Gasteiger partial charge on any atom is -0.451 e. The van der Waals surface area contributed by atoms with E-state index in [0.717, 1.165) is 5.56 Å². The van der Waals surface area contributed by atoms with Gasteiger partial charge >= 0.3 is 0 Å². The summed E-state index contributed by atoms with van der Waals surface area (Å²) in [5.41, 5.74) is 0.986. The van der Waals surface area contributed by atoms with Crippen molar-refractivity contribution in [1.82, 2.24) is 4.90 Å². The molecule has 134 valence electrons. The van der Waals surface area contributed by atoms with Crippen LogP contribution >= 0.6 is 23.2 Å². The van der Waals surface area contributed by atoms with E-state index >= 15 is 0 Å². The third-order valence-electron chi connectivity index (χ3n) is 4.07. The van der Waals surface area contributed by atoms with Gasteiger partial charge in [-0.15, -0.1) is 0 Å². The van der Waals surface area contributed by atoms with Crippen molar-refractivity contribution in [1.29, 1.82) is 0 Å². The monoisotopic (exact) mass is 389 g/mol. The van der Waals surface area contributed by atoms with E-state index in [9.17, 15) is 9.59 Å². The number of rotatable bonds is 4. The number of hydrogen-bond donors (Lipinski definition) is 0. The zero-order chi connectivity index (χ0) is 18.8. The van der Waals surface area contributed by atoms with E-state index < -0.39 is 0 Å². The maximum absolute atomic E-state index is 13.0. The highest BCUT2D eigenvalue weighted by atomic mass is 35.5. The molecule has 2 aromatic carbocycles. The van der Waals surface area contributed by atoms with Crippen LogP contribution in [0.4, 0.5) is 0 Å². The van der Waals surface area contributed by atoms with E-state index in [1.165, 1.54) is 6.07 Å². The Bertz CT molecular complexity index is 1030. The standard InChI is InChI=1S/C20H17Cl2NO3/c1-12(2)23(11-13-7-8-15(21)16(22)9-13)20(25)19-10-17(24)14-5-3-4-6-18(14)26-19/h3-10,12H,11H2,1-2H3. The molecule has 0 unspecified atom stereocenters. The minimum atomic E-state index is -0.353. The van der Waals surface area contributed by atoms with Crippen LogP contribution in [0.25, 0.3) is 11.0 Å². The van der Waals surface area contributed by atoms with Gasteiger partial charge in [-0.2, -0.15) is 0 Å². The van der Waals surface area contributed by atoms with Crippen molar-refractivity contribution < 1.29 is 9.21 Å². The molecule has 1 aromatic heterocycles. The average molecular weight is 390 g/mol. The maximum Gasteiger partial charge on any atom is 0.290 e. The number of fused-ring (bicyclic) bond motifs is 1. The van der Waals surface area contributed by atoms with E-state index in [0.29, 0.717) is 27.6 Å². The second-order valence-corrected chi connectivity index (χ2v) is 7.06. The van der Waals surface area contributed by atoms with Crippen LogP contribution in [0, 0.1) is 0 Å². The number of para-hydroxylation sites is 1. The number of hydrogen-bond acceptors (Lipinski definition) is 3. The smallest absolute Gasteiger partial charge is 0.290 e. The van der Waals surface area contributed by atoms with Crippen molar-refractivity contribution in [3.63, 3.8) is 0 Å². The molecular formula is C20H17Cl2NO3. The summed E-state index contributed by atoms with van der Waals surface area (Å²) in [5.74, 6) is -0.337. The van der Waals surface area contributed by atoms with E-state index in [-0.39, 0.29) is 23.1 Å². The largest absolute Gasteiger partial charge is 0.451 e. The molecule has 0 aliphatic rings. The first-order valence-corrected chi connectivity index (χ1v) is 8.90. The molecule has 0 N–H and O–H groups in total. The Morgan fingerprint density at radius 1 is 1.08 bits per heavy atom. The quantitative estimate of drug-likeness (QED) is 0.619. The van der Waals surface area contributed by atoms with Crippen LogP contribution in [0.5, 0.6) is 0 Å². The highest BCUT2D eigenvalue weighted by Gasteiger charge is 2.22. The highest BCUT2D eigenvalue weighted by Crippen LogP contribution is 2.24. The van der Waals surface area contributed by atoms with Crippen LogP contribution in [0.1, 0.15) is 30.0 Å². The van der Waals surface area contributed by atoms with Gasteiger partial charge in [-0.25, -0.2) is 0 Å². The minimum absolute atomic E-state index is 0.0162. The zero-order valence-electron chi connectivity index (χ0n) is 14.3. The Morgan fingerprint density at radius 2 is 1.81 bits per heavy atom. The van der Waals surface area contributed by atoms with Gasteiger partial charge in [0, 0.05) is 18.7 Å². The van der Waals surface area contributed by atoms with Gasteiger partial charge in [-0.3, -0.25) is 9.59 Å². The van der Waals surface area contributed by atoms with Gasteiger partial charge in [-0.1, -0.05) is 41.4 Å². The number of halogens is 2. The van der Waals surface area contributed by atoms with Gasteiger partial charge in [0.2, 0.25) is 0 Å². The Hall–Kier alpha value is -2.30. The van der Waals surface area contributed by atoms with Crippen LogP contribution in [0.15, 0.2) is 57.7 Å². The zero-order valence-corrected chi connectivity index (χ0v) is 15.8. The molecule has 0 atom stereocenters. The molecular weight excluding hydrogens is 373 g/mol. The maximum atomic E-state index is 13.0. The number of benzene rings is 2. The molecule has 3 rings (SSSR count). The van der Waals surface area contributed by atoms with Crippen LogP contribution in [0.2, 0.25) is 10.0 Å². The molecule has 26 heavy (non-hydrogen) atoms. The van der Waals surface area contributed by atoms with Gasteiger partial charge in [-0.05, 0) is 43.7 Å². The Balaban J connectivity index is 1.96. The van der Waals surface area contributed by atoms with Gasteiger partial charge < -0.3 is 9.32 Å². The third-order valence-corrected chi connectivity index (χ3v) is 4.81. The fourth-order valence-corrected chi connectivity index (χ4v) is 3.00. The summed E-state index contributed by atoms with van der Waals surface area (Å²) in [7, 11) is 0. The van der Waals surface area contributed by atoms with Gasteiger partial charge in [0.15, 0.2) is 11.2 Å². The number of carbonyl (C=O) groups is 1. The number of nitrogens with zero attached hydrogens (tertiary/aromatic N) is 1. The van der Waals surface area contributed by atoms with E-state index in [2.05, 4.69) is 0 Å². The van der Waals surface area contributed by atoms with Gasteiger partial charge in [0.1, 0.15) is 5.58 Å². The molecule has 0 aliphatic heterocycles. The fraction of sp³-hybridized carbons (Fsp3) is 0.200. The van der Waals surface area contributed by atoms with Crippen LogP contribution in [0.3, 0.4) is 0 Å². The van der Waals surface area contributed by atoms with E-state index in [4.69, 9.17) is 27.6 Å². The predicted octanol–water partition coefficient (Wildman–Crippen LogP) is 5.15. The van der Waals surface area contributed by atoms with Crippen LogP contribution in [-0.4, -0.2) is 16.8 Å². The molecule has 0 radical (unpaired) electrons. The van der Waals surface area contributed by atoms with Crippen LogP contribution in [-0.2, 0) is 6.54 Å². The van der Waals surface area contributed by atoms with Crippen LogP contribution < -0.4 is 5.43 Å². The average Bonchev–Trinajstić information content (AvgIpc) is 2.61. The molecule has 6 heteroatoms. The summed E-state index contributed by atoms with van der Waals surface area (Å²) in [6.07, 6.45) is 0. The molecule has 3 aromatic rings. The molecule has 0 aliphatic carbocycles. The number of amides is 1. The fourth-order valence-electron chi connectivity index (χ4n) is 2.67. The Kier molecular flexibility index (Phi) is 5.35. The molecule has 0 fully saturated rings. The summed E-state index contributed by atoms with van der Waals surface area (Å²) in [4.78, 5) is 26.9. The third kappa shape index (κ3) is 3.76.